The lowest BCUT2D eigenvalue weighted by Gasteiger charge is -2.10. The maximum absolute atomic E-state index is 12.9. The van der Waals surface area contributed by atoms with Crippen LogP contribution in [0.5, 0.6) is 0 Å². The molecule has 1 aliphatic carbocycles. The Morgan fingerprint density at radius 3 is 2.67 bits per heavy atom. The average molecular weight is 217 g/mol. The van der Waals surface area contributed by atoms with Gasteiger partial charge in [0.15, 0.2) is 0 Å². The molecule has 0 aliphatic heterocycles. The first-order valence-corrected chi connectivity index (χ1v) is 4.42. The van der Waals surface area contributed by atoms with Crippen LogP contribution in [-0.4, -0.2) is 31.8 Å². The summed E-state index contributed by atoms with van der Waals surface area (Å²) in [6.45, 7) is 0.141. The van der Waals surface area contributed by atoms with E-state index in [1.165, 1.54) is 17.3 Å². The summed E-state index contributed by atoms with van der Waals surface area (Å²) in [6.07, 6.45) is 1.94. The van der Waals surface area contributed by atoms with Gasteiger partial charge in [0.1, 0.15) is 18.1 Å². The summed E-state index contributed by atoms with van der Waals surface area (Å²) in [5.41, 5.74) is -1.89. The number of alkyl halides is 2. The molecule has 0 saturated heterocycles. The molecule has 2 rings (SSSR count). The Morgan fingerprint density at radius 1 is 1.60 bits per heavy atom. The van der Waals surface area contributed by atoms with Crippen molar-refractivity contribution in [2.24, 2.45) is 5.41 Å². The monoisotopic (exact) mass is 217 g/mol. The van der Waals surface area contributed by atoms with Crippen LogP contribution in [0.25, 0.3) is 0 Å². The van der Waals surface area contributed by atoms with E-state index in [4.69, 9.17) is 5.11 Å². The molecule has 1 heterocycles. The van der Waals surface area contributed by atoms with Crippen LogP contribution in [0.1, 0.15) is 12.8 Å². The number of carboxylic acid groups (broad SMARTS) is 1. The van der Waals surface area contributed by atoms with E-state index in [1.54, 1.807) is 0 Å². The first-order valence-electron chi connectivity index (χ1n) is 4.42. The quantitative estimate of drug-likeness (QED) is 0.809. The van der Waals surface area contributed by atoms with Gasteiger partial charge in [0.25, 0.3) is 5.92 Å². The van der Waals surface area contributed by atoms with E-state index in [1.807, 2.05) is 0 Å². The maximum Gasteiger partial charge on any atom is 0.316 e. The Bertz CT molecular complexity index is 379. The van der Waals surface area contributed by atoms with Gasteiger partial charge in [0.2, 0.25) is 0 Å². The van der Waals surface area contributed by atoms with Gasteiger partial charge in [-0.15, -0.1) is 0 Å². The van der Waals surface area contributed by atoms with Gasteiger partial charge in [-0.25, -0.2) is 13.8 Å². The van der Waals surface area contributed by atoms with E-state index in [9.17, 15) is 13.6 Å². The van der Waals surface area contributed by atoms with Crippen LogP contribution >= 0.6 is 0 Å². The van der Waals surface area contributed by atoms with Crippen molar-refractivity contribution in [3.63, 3.8) is 0 Å². The van der Waals surface area contributed by atoms with E-state index >= 15 is 0 Å². The summed E-state index contributed by atoms with van der Waals surface area (Å²) < 4.78 is 27.2. The lowest BCUT2D eigenvalue weighted by atomic mass is 10.0. The van der Waals surface area contributed by atoms with Crippen LogP contribution in [0.4, 0.5) is 8.78 Å². The Balaban J connectivity index is 2.02. The van der Waals surface area contributed by atoms with Gasteiger partial charge >= 0.3 is 5.97 Å². The smallest absolute Gasteiger partial charge is 0.316 e. The van der Waals surface area contributed by atoms with Crippen molar-refractivity contribution in [3.8, 4) is 0 Å². The molecule has 82 valence electrons. The number of hydrogen-bond donors (Lipinski definition) is 1. The summed E-state index contributed by atoms with van der Waals surface area (Å²) in [5.74, 6) is -4.52. The zero-order valence-corrected chi connectivity index (χ0v) is 7.73. The van der Waals surface area contributed by atoms with E-state index in [0.717, 1.165) is 0 Å². The van der Waals surface area contributed by atoms with Crippen LogP contribution in [0, 0.1) is 5.41 Å². The molecule has 1 fully saturated rings. The molecule has 1 aromatic heterocycles. The van der Waals surface area contributed by atoms with Crippen molar-refractivity contribution in [2.75, 3.05) is 0 Å². The van der Waals surface area contributed by atoms with Crippen molar-refractivity contribution < 1.29 is 18.7 Å². The van der Waals surface area contributed by atoms with Crippen molar-refractivity contribution in [1.29, 1.82) is 0 Å². The standard InChI is InChI=1S/C8H9F2N3O2/c9-8(10)3-7(8,6(14)15)1-2-13-5-11-4-12-13/h4-5H,1-3H2,(H,14,15). The number of aliphatic carboxylic acids is 1. The van der Waals surface area contributed by atoms with Gasteiger partial charge in [-0.05, 0) is 6.42 Å². The third-order valence-corrected chi connectivity index (χ3v) is 2.74. The largest absolute Gasteiger partial charge is 0.481 e. The second-order valence-electron chi connectivity index (χ2n) is 3.68. The third-order valence-electron chi connectivity index (χ3n) is 2.74. The van der Waals surface area contributed by atoms with E-state index in [0.29, 0.717) is 0 Å². The average Bonchev–Trinajstić information content (AvgIpc) is 2.57. The van der Waals surface area contributed by atoms with Gasteiger partial charge in [-0.2, -0.15) is 5.10 Å². The highest BCUT2D eigenvalue weighted by atomic mass is 19.3. The summed E-state index contributed by atoms with van der Waals surface area (Å²) in [6, 6.07) is 0. The van der Waals surface area contributed by atoms with Crippen LogP contribution in [-0.2, 0) is 11.3 Å². The lowest BCUT2D eigenvalue weighted by Crippen LogP contribution is -2.24. The van der Waals surface area contributed by atoms with Gasteiger partial charge in [0.05, 0.1) is 0 Å². The molecule has 7 heteroatoms. The molecule has 1 atom stereocenters. The Morgan fingerprint density at radius 2 is 2.27 bits per heavy atom. The molecule has 0 aromatic carbocycles. The second-order valence-corrected chi connectivity index (χ2v) is 3.68. The zero-order valence-electron chi connectivity index (χ0n) is 7.73. The molecule has 0 radical (unpaired) electrons. The predicted octanol–water partition coefficient (Wildman–Crippen LogP) is 0.778. The minimum Gasteiger partial charge on any atom is -0.481 e. The topological polar surface area (TPSA) is 68.0 Å². The van der Waals surface area contributed by atoms with E-state index < -0.39 is 23.7 Å². The number of aromatic nitrogens is 3. The van der Waals surface area contributed by atoms with Crippen molar-refractivity contribution in [2.45, 2.75) is 25.3 Å². The molecule has 0 spiro atoms. The molecular weight excluding hydrogens is 208 g/mol. The van der Waals surface area contributed by atoms with E-state index in [2.05, 4.69) is 10.1 Å². The fourth-order valence-electron chi connectivity index (χ4n) is 1.60. The molecule has 1 aliphatic rings. The number of hydrogen-bond acceptors (Lipinski definition) is 3. The number of carbonyl (C=O) groups is 1. The fraction of sp³-hybridized carbons (Fsp3) is 0.625. The zero-order chi connectivity index (χ0) is 11.1. The van der Waals surface area contributed by atoms with Gasteiger partial charge in [-0.1, -0.05) is 0 Å². The third kappa shape index (κ3) is 1.47. The second kappa shape index (κ2) is 2.98. The van der Waals surface area contributed by atoms with Crippen molar-refractivity contribution >= 4 is 5.97 Å². The van der Waals surface area contributed by atoms with Crippen molar-refractivity contribution in [3.05, 3.63) is 12.7 Å². The SMILES string of the molecule is O=C(O)C1(CCn2cncn2)CC1(F)F. The molecule has 5 nitrogen and oxygen atoms in total. The predicted molar refractivity (Wildman–Crippen MR) is 44.3 cm³/mol. The van der Waals surface area contributed by atoms with Crippen LogP contribution in [0.3, 0.4) is 0 Å². The van der Waals surface area contributed by atoms with Crippen LogP contribution < -0.4 is 0 Å². The summed E-state index contributed by atoms with van der Waals surface area (Å²) in [4.78, 5) is 14.4. The molecule has 0 amide bonds. The minimum absolute atomic E-state index is 0.126. The maximum atomic E-state index is 12.9. The summed E-state index contributed by atoms with van der Waals surface area (Å²) >= 11 is 0. The first kappa shape index (κ1) is 10.0. The number of aryl methyl sites for hydroxylation is 1. The molecule has 1 unspecified atom stereocenters. The summed E-state index contributed by atoms with van der Waals surface area (Å²) in [7, 11) is 0. The number of carboxylic acids is 1. The highest BCUT2D eigenvalue weighted by molar-refractivity contribution is 5.80. The summed E-state index contributed by atoms with van der Waals surface area (Å²) in [5, 5.41) is 12.5. The highest BCUT2D eigenvalue weighted by Gasteiger charge is 2.75. The Kier molecular flexibility index (Phi) is 1.99. The Hall–Kier alpha value is -1.53. The number of nitrogens with zero attached hydrogens (tertiary/aromatic N) is 3. The molecule has 1 saturated carbocycles. The van der Waals surface area contributed by atoms with Gasteiger partial charge in [0, 0.05) is 13.0 Å². The highest BCUT2D eigenvalue weighted by Crippen LogP contribution is 2.62. The first-order chi connectivity index (χ1) is 6.98. The van der Waals surface area contributed by atoms with Crippen LogP contribution in [0.15, 0.2) is 12.7 Å². The molecular formula is C8H9F2N3O2. The minimum atomic E-state index is -3.08. The fourth-order valence-corrected chi connectivity index (χ4v) is 1.60. The van der Waals surface area contributed by atoms with Crippen molar-refractivity contribution in [1.82, 2.24) is 14.8 Å². The van der Waals surface area contributed by atoms with Gasteiger partial charge in [-0.3, -0.25) is 9.48 Å². The lowest BCUT2D eigenvalue weighted by molar-refractivity contribution is -0.148. The molecule has 0 bridgehead atoms. The molecule has 1 aromatic rings. The normalized spacial score (nSPS) is 27.6. The molecule has 1 N–H and O–H groups in total. The Labute approximate surface area is 83.7 Å². The number of halogens is 2. The van der Waals surface area contributed by atoms with Crippen LogP contribution in [0.2, 0.25) is 0 Å². The number of rotatable bonds is 4. The van der Waals surface area contributed by atoms with E-state index in [-0.39, 0.29) is 13.0 Å². The van der Waals surface area contributed by atoms with Gasteiger partial charge < -0.3 is 5.11 Å². The molecule has 15 heavy (non-hydrogen) atoms.